The number of carbonyl (C=O) groups is 1. The molecule has 0 unspecified atom stereocenters. The van der Waals surface area contributed by atoms with Gasteiger partial charge in [-0.1, -0.05) is 0 Å². The van der Waals surface area contributed by atoms with Crippen molar-refractivity contribution in [2.24, 2.45) is 0 Å². The zero-order valence-electron chi connectivity index (χ0n) is 9.87. The summed E-state index contributed by atoms with van der Waals surface area (Å²) in [5.74, 6) is 0.270. The lowest BCUT2D eigenvalue weighted by molar-refractivity contribution is -0.131. The van der Waals surface area contributed by atoms with Crippen molar-refractivity contribution in [1.82, 2.24) is 9.80 Å². The van der Waals surface area contributed by atoms with Gasteiger partial charge in [0.2, 0.25) is 5.91 Å². The van der Waals surface area contributed by atoms with Gasteiger partial charge in [-0.05, 0) is 13.8 Å². The molecule has 0 N–H and O–H groups in total. The molecule has 1 aliphatic heterocycles. The van der Waals surface area contributed by atoms with Gasteiger partial charge in [0.15, 0.2) is 0 Å². The molecule has 1 fully saturated rings. The first kappa shape index (κ1) is 12.5. The van der Waals surface area contributed by atoms with E-state index >= 15 is 0 Å². The summed E-state index contributed by atoms with van der Waals surface area (Å²) < 4.78 is 5.26. The molecule has 0 spiro atoms. The number of hydrogen-bond acceptors (Lipinski definition) is 3. The second-order valence-corrected chi connectivity index (χ2v) is 3.77. The van der Waals surface area contributed by atoms with E-state index in [1.54, 1.807) is 0 Å². The average Bonchev–Trinajstić information content (AvgIpc) is 2.29. The number of ether oxygens (including phenoxy) is 1. The minimum atomic E-state index is 0.270. The standard InChI is InChI=1S/C11H22N2O2/c1-3-13(4-2)11(14)5-6-12-7-9-15-10-8-12/h3-10H2,1-2H3. The maximum Gasteiger partial charge on any atom is 0.223 e. The van der Waals surface area contributed by atoms with Crippen molar-refractivity contribution in [3.63, 3.8) is 0 Å². The van der Waals surface area contributed by atoms with Gasteiger partial charge in [0.1, 0.15) is 0 Å². The number of rotatable bonds is 5. The molecule has 1 rings (SSSR count). The highest BCUT2D eigenvalue weighted by Crippen LogP contribution is 2.00. The van der Waals surface area contributed by atoms with Gasteiger partial charge in [-0.25, -0.2) is 0 Å². The molecule has 0 saturated carbocycles. The first-order chi connectivity index (χ1) is 7.27. The second-order valence-electron chi connectivity index (χ2n) is 3.77. The van der Waals surface area contributed by atoms with E-state index in [1.165, 1.54) is 0 Å². The molecule has 1 aliphatic rings. The van der Waals surface area contributed by atoms with Crippen molar-refractivity contribution < 1.29 is 9.53 Å². The van der Waals surface area contributed by atoms with E-state index in [4.69, 9.17) is 4.74 Å². The highest BCUT2D eigenvalue weighted by Gasteiger charge is 2.14. The first-order valence-corrected chi connectivity index (χ1v) is 5.85. The Hall–Kier alpha value is -0.610. The van der Waals surface area contributed by atoms with Crippen molar-refractivity contribution in [3.8, 4) is 0 Å². The van der Waals surface area contributed by atoms with Crippen molar-refractivity contribution in [1.29, 1.82) is 0 Å². The summed E-state index contributed by atoms with van der Waals surface area (Å²) in [6.45, 7) is 10.1. The maximum absolute atomic E-state index is 11.7. The Morgan fingerprint density at radius 1 is 1.27 bits per heavy atom. The lowest BCUT2D eigenvalue weighted by Gasteiger charge is -2.27. The fourth-order valence-corrected chi connectivity index (χ4v) is 1.81. The molecule has 0 aliphatic carbocycles. The molecule has 15 heavy (non-hydrogen) atoms. The number of nitrogens with zero attached hydrogens (tertiary/aromatic N) is 2. The molecule has 88 valence electrons. The molecular weight excluding hydrogens is 192 g/mol. The van der Waals surface area contributed by atoms with Gasteiger partial charge in [-0.15, -0.1) is 0 Å². The van der Waals surface area contributed by atoms with Gasteiger partial charge in [-0.3, -0.25) is 9.69 Å². The molecule has 0 bridgehead atoms. The number of morpholine rings is 1. The predicted octanol–water partition coefficient (Wildman–Crippen LogP) is 0.577. The van der Waals surface area contributed by atoms with Gasteiger partial charge in [0, 0.05) is 39.1 Å². The van der Waals surface area contributed by atoms with Gasteiger partial charge in [0.25, 0.3) is 0 Å². The van der Waals surface area contributed by atoms with Crippen LogP contribution in [0.25, 0.3) is 0 Å². The largest absolute Gasteiger partial charge is 0.379 e. The molecule has 0 aromatic carbocycles. The monoisotopic (exact) mass is 214 g/mol. The Morgan fingerprint density at radius 2 is 1.87 bits per heavy atom. The molecule has 0 aromatic rings. The molecule has 0 aromatic heterocycles. The molecule has 4 heteroatoms. The summed E-state index contributed by atoms with van der Waals surface area (Å²) >= 11 is 0. The van der Waals surface area contributed by atoms with Crippen LogP contribution in [0, 0.1) is 0 Å². The van der Waals surface area contributed by atoms with E-state index < -0.39 is 0 Å². The van der Waals surface area contributed by atoms with Crippen LogP contribution in [0.2, 0.25) is 0 Å². The second kappa shape index (κ2) is 6.80. The Balaban J connectivity index is 2.20. The molecule has 0 atom stereocenters. The van der Waals surface area contributed by atoms with Gasteiger partial charge >= 0.3 is 0 Å². The lowest BCUT2D eigenvalue weighted by atomic mass is 10.3. The van der Waals surface area contributed by atoms with Crippen LogP contribution in [0.1, 0.15) is 20.3 Å². The summed E-state index contributed by atoms with van der Waals surface area (Å²) in [6.07, 6.45) is 0.641. The van der Waals surface area contributed by atoms with Crippen LogP contribution in [-0.2, 0) is 9.53 Å². The van der Waals surface area contributed by atoms with E-state index in [1.807, 2.05) is 18.7 Å². The summed E-state index contributed by atoms with van der Waals surface area (Å²) in [4.78, 5) is 15.9. The minimum Gasteiger partial charge on any atom is -0.379 e. The van der Waals surface area contributed by atoms with E-state index in [0.717, 1.165) is 45.9 Å². The predicted molar refractivity (Wildman–Crippen MR) is 59.8 cm³/mol. The van der Waals surface area contributed by atoms with Crippen molar-refractivity contribution in [3.05, 3.63) is 0 Å². The van der Waals surface area contributed by atoms with Gasteiger partial charge in [-0.2, -0.15) is 0 Å². The number of hydrogen-bond donors (Lipinski definition) is 0. The molecule has 0 radical (unpaired) electrons. The van der Waals surface area contributed by atoms with Gasteiger partial charge in [0.05, 0.1) is 13.2 Å². The molecular formula is C11H22N2O2. The summed E-state index contributed by atoms with van der Waals surface area (Å²) in [5, 5.41) is 0. The SMILES string of the molecule is CCN(CC)C(=O)CCN1CCOCC1. The third-order valence-corrected chi connectivity index (χ3v) is 2.86. The van der Waals surface area contributed by atoms with Crippen molar-refractivity contribution >= 4 is 5.91 Å². The number of amides is 1. The summed E-state index contributed by atoms with van der Waals surface area (Å²) in [6, 6.07) is 0. The topological polar surface area (TPSA) is 32.8 Å². The number of carbonyl (C=O) groups excluding carboxylic acids is 1. The van der Waals surface area contributed by atoms with Crippen LogP contribution in [0.15, 0.2) is 0 Å². The molecule has 1 amide bonds. The zero-order chi connectivity index (χ0) is 11.1. The van der Waals surface area contributed by atoms with Crippen molar-refractivity contribution in [2.75, 3.05) is 45.9 Å². The normalized spacial score (nSPS) is 17.7. The highest BCUT2D eigenvalue weighted by atomic mass is 16.5. The quantitative estimate of drug-likeness (QED) is 0.671. The van der Waals surface area contributed by atoms with E-state index in [9.17, 15) is 4.79 Å². The van der Waals surface area contributed by atoms with E-state index in [2.05, 4.69) is 4.90 Å². The Morgan fingerprint density at radius 3 is 2.40 bits per heavy atom. The lowest BCUT2D eigenvalue weighted by Crippen LogP contribution is -2.39. The molecule has 1 heterocycles. The average molecular weight is 214 g/mol. The summed E-state index contributed by atoms with van der Waals surface area (Å²) in [5.41, 5.74) is 0. The molecule has 1 saturated heterocycles. The van der Waals surface area contributed by atoms with Crippen LogP contribution in [0.4, 0.5) is 0 Å². The van der Waals surface area contributed by atoms with E-state index in [0.29, 0.717) is 6.42 Å². The van der Waals surface area contributed by atoms with Crippen molar-refractivity contribution in [2.45, 2.75) is 20.3 Å². The van der Waals surface area contributed by atoms with Crippen LogP contribution in [0.5, 0.6) is 0 Å². The van der Waals surface area contributed by atoms with Crippen LogP contribution in [0.3, 0.4) is 0 Å². The van der Waals surface area contributed by atoms with Crippen LogP contribution < -0.4 is 0 Å². The first-order valence-electron chi connectivity index (χ1n) is 5.85. The fourth-order valence-electron chi connectivity index (χ4n) is 1.81. The molecule has 4 nitrogen and oxygen atoms in total. The van der Waals surface area contributed by atoms with Crippen LogP contribution in [-0.4, -0.2) is 61.6 Å². The minimum absolute atomic E-state index is 0.270. The highest BCUT2D eigenvalue weighted by molar-refractivity contribution is 5.76. The Bertz CT molecular complexity index is 187. The van der Waals surface area contributed by atoms with Crippen LogP contribution >= 0.6 is 0 Å². The Labute approximate surface area is 92.2 Å². The maximum atomic E-state index is 11.7. The van der Waals surface area contributed by atoms with Gasteiger partial charge < -0.3 is 9.64 Å². The third-order valence-electron chi connectivity index (χ3n) is 2.86. The third kappa shape index (κ3) is 4.18. The Kier molecular flexibility index (Phi) is 5.65. The summed E-state index contributed by atoms with van der Waals surface area (Å²) in [7, 11) is 0. The smallest absolute Gasteiger partial charge is 0.223 e. The fraction of sp³-hybridized carbons (Fsp3) is 0.909. The van der Waals surface area contributed by atoms with E-state index in [-0.39, 0.29) is 5.91 Å². The zero-order valence-corrected chi connectivity index (χ0v) is 9.87.